The summed E-state index contributed by atoms with van der Waals surface area (Å²) in [4.78, 5) is 2.35. The van der Waals surface area contributed by atoms with Crippen molar-refractivity contribution in [2.45, 2.75) is 40.3 Å². The zero-order valence-corrected chi connectivity index (χ0v) is 14.7. The smallest absolute Gasteiger partial charge is 0.0663 e. The summed E-state index contributed by atoms with van der Waals surface area (Å²) < 4.78 is 5.30. The average Bonchev–Trinajstić information content (AvgIpc) is 2.42. The summed E-state index contributed by atoms with van der Waals surface area (Å²) in [5, 5.41) is 4.29. The Kier molecular flexibility index (Phi) is 8.09. The maximum absolute atomic E-state index is 6.21. The topological polar surface area (TPSA) is 24.5 Å². The number of halogens is 1. The molecule has 120 valence electrons. The Balaban J connectivity index is 2.93. The van der Waals surface area contributed by atoms with Crippen molar-refractivity contribution in [2.75, 3.05) is 31.7 Å². The second kappa shape index (κ2) is 9.29. The van der Waals surface area contributed by atoms with Crippen molar-refractivity contribution in [3.63, 3.8) is 0 Å². The zero-order chi connectivity index (χ0) is 15.8. The van der Waals surface area contributed by atoms with E-state index in [1.54, 1.807) is 7.11 Å². The molecule has 1 rings (SSSR count). The summed E-state index contributed by atoms with van der Waals surface area (Å²) in [6, 6.07) is 6.46. The first-order valence-corrected chi connectivity index (χ1v) is 8.12. The van der Waals surface area contributed by atoms with Crippen molar-refractivity contribution in [2.24, 2.45) is 5.92 Å². The molecule has 0 aliphatic heterocycles. The number of benzene rings is 1. The predicted octanol–water partition coefficient (Wildman–Crippen LogP) is 3.95. The third kappa shape index (κ3) is 5.85. The minimum Gasteiger partial charge on any atom is -0.383 e. The molecular weight excluding hydrogens is 284 g/mol. The maximum Gasteiger partial charge on any atom is 0.0663 e. The molecule has 0 bridgehead atoms. The summed E-state index contributed by atoms with van der Waals surface area (Å²) in [7, 11) is 1.74. The molecule has 1 aromatic rings. The largest absolute Gasteiger partial charge is 0.383 e. The van der Waals surface area contributed by atoms with E-state index in [1.807, 2.05) is 6.07 Å². The first-order chi connectivity index (χ1) is 9.99. The summed E-state index contributed by atoms with van der Waals surface area (Å²) >= 11 is 6.21. The van der Waals surface area contributed by atoms with Crippen LogP contribution in [0, 0.1) is 5.92 Å². The Morgan fingerprint density at radius 1 is 1.29 bits per heavy atom. The third-order valence-electron chi connectivity index (χ3n) is 3.51. The number of hydrogen-bond acceptors (Lipinski definition) is 3. The first kappa shape index (κ1) is 18.3. The van der Waals surface area contributed by atoms with Crippen molar-refractivity contribution < 1.29 is 4.74 Å². The lowest BCUT2D eigenvalue weighted by molar-refractivity contribution is 0.182. The van der Waals surface area contributed by atoms with Crippen molar-refractivity contribution in [1.82, 2.24) is 5.32 Å². The molecule has 0 aliphatic rings. The number of methoxy groups -OCH3 is 1. The van der Waals surface area contributed by atoms with Gasteiger partial charge >= 0.3 is 0 Å². The highest BCUT2D eigenvalue weighted by Crippen LogP contribution is 2.26. The Bertz CT molecular complexity index is 423. The highest BCUT2D eigenvalue weighted by molar-refractivity contribution is 6.30. The average molecular weight is 313 g/mol. The number of nitrogens with one attached hydrogen (secondary N) is 1. The van der Waals surface area contributed by atoms with Crippen molar-refractivity contribution >= 4 is 17.3 Å². The van der Waals surface area contributed by atoms with Crippen LogP contribution in [0.4, 0.5) is 5.69 Å². The summed E-state index contributed by atoms with van der Waals surface area (Å²) in [5.74, 6) is 0.649. The van der Waals surface area contributed by atoms with Gasteiger partial charge in [-0.3, -0.25) is 0 Å². The molecule has 1 atom stereocenters. The molecule has 21 heavy (non-hydrogen) atoms. The number of likely N-dealkylation sites (N-methyl/N-ethyl adjacent to an activating group) is 1. The van der Waals surface area contributed by atoms with Crippen LogP contribution in [-0.2, 0) is 11.3 Å². The highest BCUT2D eigenvalue weighted by Gasteiger charge is 2.16. The predicted molar refractivity (Wildman–Crippen MR) is 92.4 cm³/mol. The monoisotopic (exact) mass is 312 g/mol. The van der Waals surface area contributed by atoms with E-state index >= 15 is 0 Å². The van der Waals surface area contributed by atoms with Gasteiger partial charge < -0.3 is 15.0 Å². The Labute approximate surface area is 134 Å². The van der Waals surface area contributed by atoms with E-state index in [-0.39, 0.29) is 0 Å². The molecule has 0 fully saturated rings. The summed E-state index contributed by atoms with van der Waals surface area (Å²) in [5.41, 5.74) is 2.48. The van der Waals surface area contributed by atoms with E-state index in [9.17, 15) is 0 Å². The van der Waals surface area contributed by atoms with Crippen LogP contribution in [0.5, 0.6) is 0 Å². The minimum absolute atomic E-state index is 0.322. The molecule has 0 spiro atoms. The molecule has 0 heterocycles. The minimum atomic E-state index is 0.322. The zero-order valence-electron chi connectivity index (χ0n) is 13.9. The van der Waals surface area contributed by atoms with Gasteiger partial charge in [-0.2, -0.15) is 0 Å². The van der Waals surface area contributed by atoms with Gasteiger partial charge in [-0.25, -0.2) is 0 Å². The van der Waals surface area contributed by atoms with Crippen molar-refractivity contribution in [1.29, 1.82) is 0 Å². The van der Waals surface area contributed by atoms with E-state index in [1.165, 1.54) is 11.3 Å². The van der Waals surface area contributed by atoms with Crippen LogP contribution in [0.2, 0.25) is 5.02 Å². The van der Waals surface area contributed by atoms with Gasteiger partial charge in [0.15, 0.2) is 0 Å². The van der Waals surface area contributed by atoms with Gasteiger partial charge in [-0.1, -0.05) is 31.5 Å². The van der Waals surface area contributed by atoms with Crippen LogP contribution in [0.25, 0.3) is 0 Å². The second-order valence-corrected chi connectivity index (χ2v) is 6.32. The lowest BCUT2D eigenvalue weighted by atomic mass is 10.1. The van der Waals surface area contributed by atoms with Crippen LogP contribution in [0.3, 0.4) is 0 Å². The van der Waals surface area contributed by atoms with Crippen molar-refractivity contribution in [3.05, 3.63) is 28.8 Å². The molecule has 1 aromatic carbocycles. The van der Waals surface area contributed by atoms with Crippen LogP contribution in [-0.4, -0.2) is 32.8 Å². The van der Waals surface area contributed by atoms with Crippen LogP contribution in [0.15, 0.2) is 18.2 Å². The van der Waals surface area contributed by atoms with E-state index in [0.29, 0.717) is 18.6 Å². The fraction of sp³-hybridized carbons (Fsp3) is 0.647. The van der Waals surface area contributed by atoms with Gasteiger partial charge in [0.25, 0.3) is 0 Å². The third-order valence-corrected chi connectivity index (χ3v) is 3.74. The molecule has 0 aliphatic carbocycles. The first-order valence-electron chi connectivity index (χ1n) is 7.74. The normalized spacial score (nSPS) is 12.7. The van der Waals surface area contributed by atoms with Crippen LogP contribution >= 0.6 is 11.6 Å². The lowest BCUT2D eigenvalue weighted by Crippen LogP contribution is -2.37. The van der Waals surface area contributed by atoms with Crippen molar-refractivity contribution in [3.8, 4) is 0 Å². The van der Waals surface area contributed by atoms with E-state index < -0.39 is 0 Å². The van der Waals surface area contributed by atoms with Gasteiger partial charge in [0.2, 0.25) is 0 Å². The maximum atomic E-state index is 6.21. The van der Waals surface area contributed by atoms with E-state index in [2.05, 4.69) is 50.0 Å². The van der Waals surface area contributed by atoms with Crippen LogP contribution < -0.4 is 10.2 Å². The van der Waals surface area contributed by atoms with Gasteiger partial charge in [0, 0.05) is 37.0 Å². The highest BCUT2D eigenvalue weighted by atomic mass is 35.5. The number of rotatable bonds is 9. The van der Waals surface area contributed by atoms with Gasteiger partial charge in [0.1, 0.15) is 0 Å². The molecule has 0 radical (unpaired) electrons. The molecule has 4 heteroatoms. The molecule has 1 N–H and O–H groups in total. The number of hydrogen-bond donors (Lipinski definition) is 1. The second-order valence-electron chi connectivity index (χ2n) is 5.89. The summed E-state index contributed by atoms with van der Waals surface area (Å²) in [6.07, 6.45) is 0. The molecule has 3 nitrogen and oxygen atoms in total. The van der Waals surface area contributed by atoms with Gasteiger partial charge in [-0.05, 0) is 44.0 Å². The van der Waals surface area contributed by atoms with Gasteiger partial charge in [-0.15, -0.1) is 0 Å². The number of nitrogens with zero attached hydrogens (tertiary/aromatic N) is 1. The molecular formula is C17H29ClN2O. The molecule has 0 saturated carbocycles. The summed E-state index contributed by atoms with van der Waals surface area (Å²) in [6.45, 7) is 12.3. The van der Waals surface area contributed by atoms with Gasteiger partial charge in [0.05, 0.1) is 6.61 Å². The molecule has 0 amide bonds. The molecule has 0 aromatic heterocycles. The Morgan fingerprint density at radius 2 is 2.00 bits per heavy atom. The lowest BCUT2D eigenvalue weighted by Gasteiger charge is -2.32. The fourth-order valence-electron chi connectivity index (χ4n) is 2.50. The number of ether oxygens (including phenoxy) is 1. The fourth-order valence-corrected chi connectivity index (χ4v) is 2.67. The Morgan fingerprint density at radius 3 is 2.57 bits per heavy atom. The van der Waals surface area contributed by atoms with E-state index in [4.69, 9.17) is 16.3 Å². The Hall–Kier alpha value is -0.770. The quantitative estimate of drug-likeness (QED) is 0.747. The van der Waals surface area contributed by atoms with Crippen LogP contribution in [0.1, 0.15) is 33.3 Å². The standard InChI is InChI=1S/C17H29ClN2O/c1-6-20(14(4)12-21-5)17-9-16(18)8-7-15(17)11-19-10-13(2)3/h7-9,13-14,19H,6,10-12H2,1-5H3. The SMILES string of the molecule is CCN(c1cc(Cl)ccc1CNCC(C)C)C(C)COC. The van der Waals surface area contributed by atoms with E-state index in [0.717, 1.165) is 24.7 Å². The molecule has 0 saturated heterocycles. The number of anilines is 1. The molecule has 1 unspecified atom stereocenters.